The number of carbonyl (C=O) groups excluding carboxylic acids is 1. The first-order valence-electron chi connectivity index (χ1n) is 9.82. The summed E-state index contributed by atoms with van der Waals surface area (Å²) >= 11 is 0. The summed E-state index contributed by atoms with van der Waals surface area (Å²) in [5, 5.41) is 10.5. The van der Waals surface area contributed by atoms with Gasteiger partial charge in [-0.1, -0.05) is 6.07 Å². The minimum absolute atomic E-state index is 0. The molecule has 2 heterocycles. The molecule has 0 aliphatic carbocycles. The van der Waals surface area contributed by atoms with Crippen LogP contribution in [-0.2, 0) is 6.54 Å². The number of aromatic nitrogens is 1. The van der Waals surface area contributed by atoms with Crippen LogP contribution in [0, 0.1) is 5.82 Å². The molecule has 0 fully saturated rings. The van der Waals surface area contributed by atoms with Crippen molar-refractivity contribution in [2.45, 2.75) is 25.1 Å². The van der Waals surface area contributed by atoms with Crippen LogP contribution in [0.1, 0.15) is 22.5 Å². The van der Waals surface area contributed by atoms with Gasteiger partial charge in [0.05, 0.1) is 13.2 Å². The van der Waals surface area contributed by atoms with Gasteiger partial charge in [0.2, 0.25) is 0 Å². The molecule has 7 nitrogen and oxygen atoms in total. The second kappa shape index (κ2) is 9.23. The summed E-state index contributed by atoms with van der Waals surface area (Å²) in [7, 11) is 1.58. The van der Waals surface area contributed by atoms with Crippen LogP contribution in [0.4, 0.5) is 4.39 Å². The third-order valence-corrected chi connectivity index (χ3v) is 5.51. The van der Waals surface area contributed by atoms with Crippen molar-refractivity contribution in [1.82, 2.24) is 9.88 Å². The van der Waals surface area contributed by atoms with E-state index in [0.717, 1.165) is 11.1 Å². The standard InChI is InChI=1S/C22H25FN4O3.ClH/c1-30-16-3-4-17-12(6-16)10-27(11-14(25)8-15(28)9-24)22(29)21-20(17)18-7-13(23)2-5-19(18)26-21;/h2-7,14-15,26,28H,8-11,24-25H2,1H3;1H/t14-,15?;/m0./s1. The summed E-state index contributed by atoms with van der Waals surface area (Å²) in [4.78, 5) is 18.2. The molecule has 0 spiro atoms. The normalized spacial score (nSPS) is 15.0. The molecule has 0 saturated heterocycles. The van der Waals surface area contributed by atoms with Gasteiger partial charge in [-0.15, -0.1) is 12.4 Å². The van der Waals surface area contributed by atoms with Gasteiger partial charge in [-0.05, 0) is 47.9 Å². The molecule has 166 valence electrons. The van der Waals surface area contributed by atoms with E-state index in [1.54, 1.807) is 18.1 Å². The molecule has 0 radical (unpaired) electrons. The topological polar surface area (TPSA) is 118 Å². The number of fused-ring (bicyclic) bond motifs is 5. The van der Waals surface area contributed by atoms with Crippen molar-refractivity contribution < 1.29 is 19.0 Å². The van der Waals surface area contributed by atoms with Crippen molar-refractivity contribution in [2.24, 2.45) is 11.5 Å². The number of carbonyl (C=O) groups is 1. The van der Waals surface area contributed by atoms with E-state index >= 15 is 0 Å². The quantitative estimate of drug-likeness (QED) is 0.462. The molecule has 2 atom stereocenters. The van der Waals surface area contributed by atoms with E-state index in [9.17, 15) is 14.3 Å². The van der Waals surface area contributed by atoms with Crippen LogP contribution in [0.2, 0.25) is 0 Å². The van der Waals surface area contributed by atoms with Gasteiger partial charge in [0.25, 0.3) is 5.91 Å². The number of methoxy groups -OCH3 is 1. The lowest BCUT2D eigenvalue weighted by Crippen LogP contribution is -2.43. The van der Waals surface area contributed by atoms with E-state index in [2.05, 4.69) is 4.98 Å². The fraction of sp³-hybridized carbons (Fsp3) is 0.318. The smallest absolute Gasteiger partial charge is 0.271 e. The van der Waals surface area contributed by atoms with E-state index in [-0.39, 0.29) is 43.6 Å². The van der Waals surface area contributed by atoms with Gasteiger partial charge >= 0.3 is 0 Å². The molecule has 1 amide bonds. The molecule has 1 unspecified atom stereocenters. The van der Waals surface area contributed by atoms with E-state index in [1.807, 2.05) is 18.2 Å². The van der Waals surface area contributed by atoms with Gasteiger partial charge in [-0.3, -0.25) is 4.79 Å². The van der Waals surface area contributed by atoms with Crippen molar-refractivity contribution in [3.8, 4) is 16.9 Å². The predicted molar refractivity (Wildman–Crippen MR) is 120 cm³/mol. The fourth-order valence-corrected chi connectivity index (χ4v) is 4.06. The number of hydrogen-bond donors (Lipinski definition) is 4. The molecular formula is C22H26ClFN4O3. The van der Waals surface area contributed by atoms with Gasteiger partial charge in [-0.2, -0.15) is 0 Å². The number of benzene rings is 2. The molecule has 1 aliphatic rings. The maximum absolute atomic E-state index is 14.0. The Labute approximate surface area is 185 Å². The number of amides is 1. The number of nitrogens with zero attached hydrogens (tertiary/aromatic N) is 1. The van der Waals surface area contributed by atoms with E-state index in [4.69, 9.17) is 16.2 Å². The summed E-state index contributed by atoms with van der Waals surface area (Å²) in [5.74, 6) is 0.0682. The van der Waals surface area contributed by atoms with Crippen molar-refractivity contribution in [2.75, 3.05) is 20.2 Å². The highest BCUT2D eigenvalue weighted by Gasteiger charge is 2.31. The van der Waals surface area contributed by atoms with Crippen LogP contribution in [0.25, 0.3) is 22.0 Å². The van der Waals surface area contributed by atoms with Gasteiger partial charge in [0.1, 0.15) is 17.3 Å². The first-order valence-corrected chi connectivity index (χ1v) is 9.82. The molecule has 9 heteroatoms. The molecular weight excluding hydrogens is 423 g/mol. The first-order chi connectivity index (χ1) is 14.4. The summed E-state index contributed by atoms with van der Waals surface area (Å²) in [6.45, 7) is 0.673. The number of halogens is 2. The minimum Gasteiger partial charge on any atom is -0.497 e. The highest BCUT2D eigenvalue weighted by Crippen LogP contribution is 2.39. The number of nitrogens with one attached hydrogen (secondary N) is 1. The van der Waals surface area contributed by atoms with Crippen LogP contribution in [0.5, 0.6) is 5.75 Å². The summed E-state index contributed by atoms with van der Waals surface area (Å²) in [6, 6.07) is 9.58. The number of aliphatic hydroxyl groups excluding tert-OH is 1. The van der Waals surface area contributed by atoms with Crippen LogP contribution in [0.15, 0.2) is 36.4 Å². The number of aromatic amines is 1. The predicted octanol–water partition coefficient (Wildman–Crippen LogP) is 2.40. The Morgan fingerprint density at radius 1 is 1.29 bits per heavy atom. The number of ether oxygens (including phenoxy) is 1. The Balaban J connectivity index is 0.00000272. The Morgan fingerprint density at radius 3 is 2.77 bits per heavy atom. The molecule has 2 aromatic carbocycles. The van der Waals surface area contributed by atoms with Crippen molar-refractivity contribution in [3.05, 3.63) is 53.5 Å². The van der Waals surface area contributed by atoms with Crippen molar-refractivity contribution in [3.63, 3.8) is 0 Å². The summed E-state index contributed by atoms with van der Waals surface area (Å²) in [6.07, 6.45) is -0.434. The Morgan fingerprint density at radius 2 is 2.06 bits per heavy atom. The lowest BCUT2D eigenvalue weighted by Gasteiger charge is -2.26. The number of rotatable bonds is 6. The van der Waals surface area contributed by atoms with Crippen LogP contribution < -0.4 is 16.2 Å². The third-order valence-electron chi connectivity index (χ3n) is 5.51. The molecule has 6 N–H and O–H groups in total. The number of nitrogens with two attached hydrogens (primary N) is 2. The Bertz CT molecular complexity index is 1100. The van der Waals surface area contributed by atoms with Crippen molar-refractivity contribution >= 4 is 29.2 Å². The second-order valence-electron chi connectivity index (χ2n) is 7.66. The Kier molecular flexibility index (Phi) is 6.86. The lowest BCUT2D eigenvalue weighted by molar-refractivity contribution is 0.0713. The summed E-state index contributed by atoms with van der Waals surface area (Å²) < 4.78 is 19.4. The lowest BCUT2D eigenvalue weighted by atomic mass is 9.97. The molecule has 1 aromatic heterocycles. The average Bonchev–Trinajstić information content (AvgIpc) is 3.05. The molecule has 0 bridgehead atoms. The highest BCUT2D eigenvalue weighted by atomic mass is 35.5. The van der Waals surface area contributed by atoms with E-state index in [0.29, 0.717) is 34.5 Å². The second-order valence-corrected chi connectivity index (χ2v) is 7.66. The van der Waals surface area contributed by atoms with Crippen LogP contribution >= 0.6 is 12.4 Å². The largest absolute Gasteiger partial charge is 0.497 e. The first kappa shape index (κ1) is 23.0. The highest BCUT2D eigenvalue weighted by molar-refractivity contribution is 6.11. The monoisotopic (exact) mass is 448 g/mol. The number of aliphatic hydroxyl groups is 1. The van der Waals surface area contributed by atoms with Crippen LogP contribution in [0.3, 0.4) is 0 Å². The SMILES string of the molecule is COc1ccc2c(c1)CN(C[C@@H](N)CC(O)CN)C(=O)c1[nH]c3ccc(F)cc3c1-2.Cl. The molecule has 4 rings (SSSR count). The zero-order valence-corrected chi connectivity index (χ0v) is 17.9. The molecule has 31 heavy (non-hydrogen) atoms. The Hall–Kier alpha value is -2.65. The van der Waals surface area contributed by atoms with Gasteiger partial charge in [0, 0.05) is 42.1 Å². The maximum Gasteiger partial charge on any atom is 0.271 e. The summed E-state index contributed by atoms with van der Waals surface area (Å²) in [5.41, 5.74) is 15.1. The maximum atomic E-state index is 14.0. The third kappa shape index (κ3) is 4.38. The van der Waals surface area contributed by atoms with Gasteiger partial charge in [-0.25, -0.2) is 4.39 Å². The van der Waals surface area contributed by atoms with Crippen molar-refractivity contribution in [1.29, 1.82) is 0 Å². The van der Waals surface area contributed by atoms with Gasteiger partial charge in [0.15, 0.2) is 0 Å². The average molecular weight is 449 g/mol. The fourth-order valence-electron chi connectivity index (χ4n) is 4.06. The number of H-pyrrole nitrogens is 1. The molecule has 0 saturated carbocycles. The molecule has 3 aromatic rings. The zero-order valence-electron chi connectivity index (χ0n) is 17.1. The minimum atomic E-state index is -0.721. The van der Waals surface area contributed by atoms with Gasteiger partial charge < -0.3 is 31.2 Å². The zero-order chi connectivity index (χ0) is 21.4. The van der Waals surface area contributed by atoms with Crippen LogP contribution in [-0.4, -0.2) is 53.2 Å². The van der Waals surface area contributed by atoms with E-state index in [1.165, 1.54) is 12.1 Å². The van der Waals surface area contributed by atoms with E-state index < -0.39 is 12.1 Å². The number of hydrogen-bond acceptors (Lipinski definition) is 5. The molecule has 1 aliphatic heterocycles.